The zero-order chi connectivity index (χ0) is 24.6. The van der Waals surface area contributed by atoms with E-state index < -0.39 is 0 Å². The van der Waals surface area contributed by atoms with Crippen LogP contribution in [0.4, 0.5) is 5.82 Å². The fourth-order valence-corrected chi connectivity index (χ4v) is 4.82. The highest BCUT2D eigenvalue weighted by Gasteiger charge is 2.22. The number of carbonyl (C=O) groups is 1. The number of carbonyl (C=O) groups excluding carboxylic acids is 1. The van der Waals surface area contributed by atoms with E-state index in [0.717, 1.165) is 70.0 Å². The van der Waals surface area contributed by atoms with Gasteiger partial charge in [-0.15, -0.1) is 0 Å². The lowest BCUT2D eigenvalue weighted by Crippen LogP contribution is -2.46. The van der Waals surface area contributed by atoms with Gasteiger partial charge in [0.05, 0.1) is 18.8 Å². The third-order valence-electron chi connectivity index (χ3n) is 6.43. The van der Waals surface area contributed by atoms with Crippen LogP contribution in [-0.2, 0) is 6.54 Å². The number of halogens is 1. The Morgan fingerprint density at radius 1 is 1.09 bits per heavy atom. The fourth-order valence-electron chi connectivity index (χ4n) is 4.60. The summed E-state index contributed by atoms with van der Waals surface area (Å²) in [6.07, 6.45) is 3.73. The molecule has 0 spiro atoms. The zero-order valence-corrected chi connectivity index (χ0v) is 21.4. The first kappa shape index (κ1) is 25.5. The van der Waals surface area contributed by atoms with E-state index in [1.54, 1.807) is 6.20 Å². The second-order valence-corrected chi connectivity index (χ2v) is 9.32. The molecule has 0 atom stereocenters. The molecule has 190 valence electrons. The van der Waals surface area contributed by atoms with E-state index in [0.29, 0.717) is 41.3 Å². The molecule has 2 N–H and O–H groups in total. The second-order valence-electron chi connectivity index (χ2n) is 8.94. The van der Waals surface area contributed by atoms with E-state index in [1.165, 1.54) is 0 Å². The van der Waals surface area contributed by atoms with Crippen LogP contribution >= 0.6 is 11.6 Å². The lowest BCUT2D eigenvalue weighted by atomic mass is 10.0. The molecule has 2 saturated heterocycles. The number of nitrogens with one attached hydrogen (secondary N) is 2. The summed E-state index contributed by atoms with van der Waals surface area (Å²) in [5, 5.41) is 7.35. The van der Waals surface area contributed by atoms with Crippen molar-refractivity contribution in [1.82, 2.24) is 20.1 Å². The molecular weight excluding hydrogens is 466 g/mol. The van der Waals surface area contributed by atoms with Crippen LogP contribution in [0.1, 0.15) is 42.6 Å². The number of piperidine rings is 1. The lowest BCUT2D eigenvalue weighted by Gasteiger charge is -2.33. The molecule has 1 aromatic carbocycles. The summed E-state index contributed by atoms with van der Waals surface area (Å²) < 4.78 is 11.4. The molecule has 2 aliphatic rings. The number of nitrogens with zero attached hydrogens (tertiary/aromatic N) is 3. The van der Waals surface area contributed by atoms with E-state index in [4.69, 9.17) is 21.1 Å². The van der Waals surface area contributed by atoms with Gasteiger partial charge in [-0.1, -0.05) is 11.6 Å². The molecule has 9 heteroatoms. The Morgan fingerprint density at radius 2 is 1.74 bits per heavy atom. The smallest absolute Gasteiger partial charge is 0.255 e. The number of likely N-dealkylation sites (tertiary alicyclic amines) is 1. The number of piperazine rings is 1. The number of benzene rings is 1. The molecule has 4 rings (SSSR count). The molecule has 2 fully saturated rings. The van der Waals surface area contributed by atoms with Crippen molar-refractivity contribution in [2.75, 3.05) is 57.8 Å². The monoisotopic (exact) mass is 501 g/mol. The molecular formula is C26H36ClN5O3. The average molecular weight is 502 g/mol. The first-order valence-corrected chi connectivity index (χ1v) is 13.0. The van der Waals surface area contributed by atoms with Crippen LogP contribution in [0.25, 0.3) is 0 Å². The predicted molar refractivity (Wildman–Crippen MR) is 139 cm³/mol. The Hall–Kier alpha value is -2.55. The highest BCUT2D eigenvalue weighted by atomic mass is 35.5. The molecule has 3 heterocycles. The summed E-state index contributed by atoms with van der Waals surface area (Å²) >= 11 is 6.44. The number of hydrogen-bond acceptors (Lipinski definition) is 7. The van der Waals surface area contributed by atoms with Crippen LogP contribution in [0.3, 0.4) is 0 Å². The molecule has 2 aromatic rings. The Labute approximate surface area is 212 Å². The standard InChI is InChI=1S/C26H36ClN5O3/c1-3-34-22-15-19(16-23(25(22)27)35-4-2)18-31-11-7-21(8-12-31)30-24-6-5-20(17-29-24)26(33)32-13-9-28-10-14-32/h5-6,15-17,21,28H,3-4,7-14,18H2,1-2H3,(H,29,30). The molecule has 0 saturated carbocycles. The summed E-state index contributed by atoms with van der Waals surface area (Å²) in [5.41, 5.74) is 1.78. The number of pyridine rings is 1. The number of hydrogen-bond donors (Lipinski definition) is 2. The molecule has 0 bridgehead atoms. The Kier molecular flexibility index (Phi) is 9.06. The van der Waals surface area contributed by atoms with Crippen molar-refractivity contribution in [2.24, 2.45) is 0 Å². The molecule has 2 aliphatic heterocycles. The molecule has 0 unspecified atom stereocenters. The fraction of sp³-hybridized carbons (Fsp3) is 0.538. The summed E-state index contributed by atoms with van der Waals surface area (Å²) in [5.74, 6) is 2.23. The van der Waals surface area contributed by atoms with E-state index in [-0.39, 0.29) is 5.91 Å². The zero-order valence-electron chi connectivity index (χ0n) is 20.7. The Balaban J connectivity index is 1.28. The average Bonchev–Trinajstić information content (AvgIpc) is 2.89. The number of aromatic nitrogens is 1. The van der Waals surface area contributed by atoms with Gasteiger partial charge in [-0.05, 0) is 56.5 Å². The van der Waals surface area contributed by atoms with Crippen molar-refractivity contribution < 1.29 is 14.3 Å². The van der Waals surface area contributed by atoms with Crippen molar-refractivity contribution in [3.8, 4) is 11.5 Å². The SMILES string of the molecule is CCOc1cc(CN2CCC(Nc3ccc(C(=O)N4CCNCC4)cn3)CC2)cc(OCC)c1Cl. The number of ether oxygens (including phenoxy) is 2. The van der Waals surface area contributed by atoms with E-state index in [1.807, 2.05) is 43.0 Å². The van der Waals surface area contributed by atoms with E-state index in [2.05, 4.69) is 20.5 Å². The van der Waals surface area contributed by atoms with Crippen LogP contribution in [0.15, 0.2) is 30.5 Å². The summed E-state index contributed by atoms with van der Waals surface area (Å²) in [6.45, 7) is 11.0. The van der Waals surface area contributed by atoms with Gasteiger partial charge in [0.1, 0.15) is 22.3 Å². The van der Waals surface area contributed by atoms with E-state index in [9.17, 15) is 4.79 Å². The topological polar surface area (TPSA) is 79.0 Å². The summed E-state index contributed by atoms with van der Waals surface area (Å²) in [7, 11) is 0. The third kappa shape index (κ3) is 6.78. The molecule has 35 heavy (non-hydrogen) atoms. The minimum absolute atomic E-state index is 0.0565. The van der Waals surface area contributed by atoms with Gasteiger partial charge in [0.25, 0.3) is 5.91 Å². The van der Waals surface area contributed by atoms with Gasteiger partial charge >= 0.3 is 0 Å². The number of rotatable bonds is 9. The summed E-state index contributed by atoms with van der Waals surface area (Å²) in [6, 6.07) is 8.19. The quantitative estimate of drug-likeness (QED) is 0.543. The van der Waals surface area contributed by atoms with Crippen molar-refractivity contribution in [3.63, 3.8) is 0 Å². The number of amides is 1. The van der Waals surface area contributed by atoms with E-state index >= 15 is 0 Å². The van der Waals surface area contributed by atoms with Crippen molar-refractivity contribution >= 4 is 23.3 Å². The van der Waals surface area contributed by atoms with Gasteiger partial charge < -0.3 is 25.0 Å². The molecule has 1 amide bonds. The van der Waals surface area contributed by atoms with Gasteiger partial charge in [0.2, 0.25) is 0 Å². The Morgan fingerprint density at radius 3 is 2.31 bits per heavy atom. The minimum atomic E-state index is 0.0565. The molecule has 1 aromatic heterocycles. The first-order chi connectivity index (χ1) is 17.1. The highest BCUT2D eigenvalue weighted by Crippen LogP contribution is 2.36. The minimum Gasteiger partial charge on any atom is -0.492 e. The van der Waals surface area contributed by atoms with Gasteiger partial charge in [-0.2, -0.15) is 0 Å². The maximum absolute atomic E-state index is 12.6. The molecule has 0 radical (unpaired) electrons. The van der Waals surface area contributed by atoms with Crippen molar-refractivity contribution in [1.29, 1.82) is 0 Å². The van der Waals surface area contributed by atoms with Gasteiger partial charge in [0, 0.05) is 58.1 Å². The predicted octanol–water partition coefficient (Wildman–Crippen LogP) is 3.65. The molecule has 0 aliphatic carbocycles. The van der Waals surface area contributed by atoms with Gasteiger partial charge in [0.15, 0.2) is 0 Å². The second kappa shape index (κ2) is 12.4. The molecule has 8 nitrogen and oxygen atoms in total. The van der Waals surface area contributed by atoms with Crippen molar-refractivity contribution in [3.05, 3.63) is 46.6 Å². The number of anilines is 1. The maximum atomic E-state index is 12.6. The van der Waals surface area contributed by atoms with Crippen LogP contribution < -0.4 is 20.1 Å². The van der Waals surface area contributed by atoms with Crippen LogP contribution in [0.2, 0.25) is 5.02 Å². The third-order valence-corrected chi connectivity index (χ3v) is 6.80. The maximum Gasteiger partial charge on any atom is 0.255 e. The summed E-state index contributed by atoms with van der Waals surface area (Å²) in [4.78, 5) is 21.5. The largest absolute Gasteiger partial charge is 0.492 e. The van der Waals surface area contributed by atoms with Crippen molar-refractivity contribution in [2.45, 2.75) is 39.3 Å². The highest BCUT2D eigenvalue weighted by molar-refractivity contribution is 6.33. The lowest BCUT2D eigenvalue weighted by molar-refractivity contribution is 0.0735. The first-order valence-electron chi connectivity index (χ1n) is 12.6. The van der Waals surface area contributed by atoms with Gasteiger partial charge in [-0.3, -0.25) is 9.69 Å². The normalized spacial score (nSPS) is 17.3. The van der Waals surface area contributed by atoms with Crippen LogP contribution in [-0.4, -0.2) is 79.2 Å². The van der Waals surface area contributed by atoms with Gasteiger partial charge in [-0.25, -0.2) is 4.98 Å². The van der Waals surface area contributed by atoms with Crippen LogP contribution in [0, 0.1) is 0 Å². The Bertz CT molecular complexity index is 946. The van der Waals surface area contributed by atoms with Crippen LogP contribution in [0.5, 0.6) is 11.5 Å².